The fraction of sp³-hybridized carbons (Fsp3) is 0.125. The van der Waals surface area contributed by atoms with Gasteiger partial charge in [-0.25, -0.2) is 18.4 Å². The van der Waals surface area contributed by atoms with Crippen LogP contribution in [0.15, 0.2) is 59.2 Å². The quantitative estimate of drug-likeness (QED) is 0.706. The summed E-state index contributed by atoms with van der Waals surface area (Å²) >= 11 is 0. The molecule has 0 aliphatic carbocycles. The molecule has 0 bridgehead atoms. The zero-order valence-electron chi connectivity index (χ0n) is 12.6. The number of aliphatic hydroxyl groups is 1. The van der Waals surface area contributed by atoms with Gasteiger partial charge < -0.3 is 14.8 Å². The normalized spacial score (nSPS) is 12.0. The number of H-pyrrole nitrogens is 1. The van der Waals surface area contributed by atoms with Gasteiger partial charge in [-0.05, 0) is 11.6 Å². The Hall–Kier alpha value is -2.71. The summed E-state index contributed by atoms with van der Waals surface area (Å²) in [7, 11) is -3.74. The standard InChI is InChI=1S/C16H15N3O4S/c20-7-4-8-24(21,22)13-9-17-15-14(13)16(19-11-18-15)23-10-12-5-2-1-3-6-12/h1-6,8-9,11,20H,7,10H2,(H,17,18,19). The Morgan fingerprint density at radius 1 is 1.21 bits per heavy atom. The molecule has 2 aromatic heterocycles. The fourth-order valence-corrected chi connectivity index (χ4v) is 3.39. The van der Waals surface area contributed by atoms with Crippen molar-refractivity contribution in [2.45, 2.75) is 11.5 Å². The zero-order chi connectivity index (χ0) is 17.0. The molecule has 0 saturated heterocycles. The maximum Gasteiger partial charge on any atom is 0.227 e. The van der Waals surface area contributed by atoms with Crippen molar-refractivity contribution < 1.29 is 18.3 Å². The number of fused-ring (bicyclic) bond motifs is 1. The summed E-state index contributed by atoms with van der Waals surface area (Å²) in [4.78, 5) is 10.9. The van der Waals surface area contributed by atoms with E-state index >= 15 is 0 Å². The third-order valence-electron chi connectivity index (χ3n) is 3.30. The van der Waals surface area contributed by atoms with Crippen molar-refractivity contribution in [1.29, 1.82) is 0 Å². The number of nitrogens with one attached hydrogen (secondary N) is 1. The van der Waals surface area contributed by atoms with E-state index in [1.807, 2.05) is 30.3 Å². The first kappa shape index (κ1) is 16.2. The third kappa shape index (κ3) is 3.29. The largest absolute Gasteiger partial charge is 0.472 e. The number of hydrogen-bond acceptors (Lipinski definition) is 6. The molecule has 0 saturated carbocycles. The first-order chi connectivity index (χ1) is 11.6. The van der Waals surface area contributed by atoms with Gasteiger partial charge in [0.25, 0.3) is 0 Å². The molecule has 0 spiro atoms. The minimum atomic E-state index is -3.74. The summed E-state index contributed by atoms with van der Waals surface area (Å²) in [5, 5.41) is 10.0. The molecule has 0 radical (unpaired) electrons. The van der Waals surface area contributed by atoms with Crippen LogP contribution in [0.4, 0.5) is 0 Å². The number of ether oxygens (including phenoxy) is 1. The minimum Gasteiger partial charge on any atom is -0.472 e. The number of sulfone groups is 1. The van der Waals surface area contributed by atoms with E-state index in [0.29, 0.717) is 5.65 Å². The lowest BCUT2D eigenvalue weighted by atomic mass is 10.2. The molecule has 0 unspecified atom stereocenters. The predicted molar refractivity (Wildman–Crippen MR) is 88.1 cm³/mol. The van der Waals surface area contributed by atoms with Gasteiger partial charge in [0.05, 0.1) is 12.0 Å². The highest BCUT2D eigenvalue weighted by molar-refractivity contribution is 7.94. The molecular formula is C16H15N3O4S. The van der Waals surface area contributed by atoms with Crippen LogP contribution < -0.4 is 4.74 Å². The summed E-state index contributed by atoms with van der Waals surface area (Å²) in [5.41, 5.74) is 1.30. The first-order valence-corrected chi connectivity index (χ1v) is 8.68. The van der Waals surface area contributed by atoms with Crippen LogP contribution in [0.2, 0.25) is 0 Å². The number of benzene rings is 1. The maximum absolute atomic E-state index is 12.4. The summed E-state index contributed by atoms with van der Waals surface area (Å²) in [6.45, 7) is -0.112. The van der Waals surface area contributed by atoms with Crippen LogP contribution in [-0.2, 0) is 16.4 Å². The predicted octanol–water partition coefficient (Wildman–Crippen LogP) is 1.82. The Bertz CT molecular complexity index is 965. The van der Waals surface area contributed by atoms with E-state index in [2.05, 4.69) is 15.0 Å². The van der Waals surface area contributed by atoms with Gasteiger partial charge in [-0.1, -0.05) is 30.3 Å². The molecule has 1 aromatic carbocycles. The van der Waals surface area contributed by atoms with Crippen molar-refractivity contribution in [2.75, 3.05) is 6.61 Å². The van der Waals surface area contributed by atoms with Crippen molar-refractivity contribution in [3.05, 3.63) is 59.9 Å². The lowest BCUT2D eigenvalue weighted by Crippen LogP contribution is -2.01. The van der Waals surface area contributed by atoms with Gasteiger partial charge in [-0.2, -0.15) is 0 Å². The van der Waals surface area contributed by atoms with E-state index in [1.165, 1.54) is 12.5 Å². The van der Waals surface area contributed by atoms with E-state index < -0.39 is 9.84 Å². The molecular weight excluding hydrogens is 330 g/mol. The van der Waals surface area contributed by atoms with E-state index in [1.54, 1.807) is 0 Å². The lowest BCUT2D eigenvalue weighted by molar-refractivity contribution is 0.297. The second-order valence-electron chi connectivity index (χ2n) is 4.93. The number of hydrogen-bond donors (Lipinski definition) is 2. The number of aliphatic hydroxyl groups excluding tert-OH is 1. The molecule has 2 N–H and O–H groups in total. The van der Waals surface area contributed by atoms with Crippen LogP contribution in [-0.4, -0.2) is 35.1 Å². The van der Waals surface area contributed by atoms with E-state index in [9.17, 15) is 8.42 Å². The summed E-state index contributed by atoms with van der Waals surface area (Å²) in [5.74, 6) is 0.182. The average molecular weight is 345 g/mol. The SMILES string of the molecule is O=S(=O)(C=CCO)c1c[nH]c2ncnc(OCc3ccccc3)c12. The molecule has 0 fully saturated rings. The van der Waals surface area contributed by atoms with Crippen LogP contribution in [0.3, 0.4) is 0 Å². The number of aromatic amines is 1. The topological polar surface area (TPSA) is 105 Å². The molecule has 7 nitrogen and oxygen atoms in total. The molecule has 0 aliphatic rings. The van der Waals surface area contributed by atoms with Crippen molar-refractivity contribution >= 4 is 20.9 Å². The zero-order valence-corrected chi connectivity index (χ0v) is 13.4. The number of rotatable bonds is 6. The second-order valence-corrected chi connectivity index (χ2v) is 6.73. The van der Waals surface area contributed by atoms with Gasteiger partial charge in [0, 0.05) is 11.6 Å². The highest BCUT2D eigenvalue weighted by Crippen LogP contribution is 2.30. The Morgan fingerprint density at radius 2 is 2.00 bits per heavy atom. The average Bonchev–Trinajstić information content (AvgIpc) is 3.05. The van der Waals surface area contributed by atoms with Gasteiger partial charge in [0.1, 0.15) is 23.5 Å². The van der Waals surface area contributed by atoms with E-state index in [0.717, 1.165) is 17.0 Å². The van der Waals surface area contributed by atoms with Gasteiger partial charge in [0.15, 0.2) is 0 Å². The molecule has 2 heterocycles. The fourth-order valence-electron chi connectivity index (χ4n) is 2.21. The summed E-state index contributed by atoms with van der Waals surface area (Å²) < 4.78 is 30.4. The van der Waals surface area contributed by atoms with E-state index in [-0.39, 0.29) is 29.4 Å². The molecule has 124 valence electrons. The summed E-state index contributed by atoms with van der Waals surface area (Å²) in [6.07, 6.45) is 3.80. The molecule has 0 amide bonds. The lowest BCUT2D eigenvalue weighted by Gasteiger charge is -2.07. The second kappa shape index (κ2) is 6.81. The van der Waals surface area contributed by atoms with Gasteiger partial charge in [0.2, 0.25) is 15.7 Å². The Kier molecular flexibility index (Phi) is 4.59. The Labute approximate surface area is 138 Å². The van der Waals surface area contributed by atoms with Crippen LogP contribution in [0.25, 0.3) is 11.0 Å². The molecule has 24 heavy (non-hydrogen) atoms. The highest BCUT2D eigenvalue weighted by atomic mass is 32.2. The van der Waals surface area contributed by atoms with Crippen LogP contribution in [0, 0.1) is 0 Å². The van der Waals surface area contributed by atoms with E-state index in [4.69, 9.17) is 9.84 Å². The molecule has 8 heteroatoms. The number of nitrogens with zero attached hydrogens (tertiary/aromatic N) is 2. The Balaban J connectivity index is 2.00. The maximum atomic E-state index is 12.4. The smallest absolute Gasteiger partial charge is 0.227 e. The first-order valence-electron chi connectivity index (χ1n) is 7.13. The molecule has 0 aliphatic heterocycles. The van der Waals surface area contributed by atoms with Crippen molar-refractivity contribution in [3.63, 3.8) is 0 Å². The van der Waals surface area contributed by atoms with Crippen molar-refractivity contribution in [2.24, 2.45) is 0 Å². The Morgan fingerprint density at radius 3 is 2.75 bits per heavy atom. The van der Waals surface area contributed by atoms with Crippen molar-refractivity contribution in [1.82, 2.24) is 15.0 Å². The number of aromatic nitrogens is 3. The van der Waals surface area contributed by atoms with Crippen LogP contribution >= 0.6 is 0 Å². The molecule has 3 aromatic rings. The van der Waals surface area contributed by atoms with Crippen LogP contribution in [0.1, 0.15) is 5.56 Å². The highest BCUT2D eigenvalue weighted by Gasteiger charge is 2.21. The van der Waals surface area contributed by atoms with Gasteiger partial charge >= 0.3 is 0 Å². The van der Waals surface area contributed by atoms with Gasteiger partial charge in [-0.15, -0.1) is 0 Å². The van der Waals surface area contributed by atoms with Crippen LogP contribution in [0.5, 0.6) is 5.88 Å². The van der Waals surface area contributed by atoms with Gasteiger partial charge in [-0.3, -0.25) is 0 Å². The molecule has 0 atom stereocenters. The molecule has 3 rings (SSSR count). The minimum absolute atomic E-state index is 0.00543. The third-order valence-corrected chi connectivity index (χ3v) is 4.79. The van der Waals surface area contributed by atoms with Crippen molar-refractivity contribution in [3.8, 4) is 5.88 Å². The monoisotopic (exact) mass is 345 g/mol. The summed E-state index contributed by atoms with van der Waals surface area (Å²) in [6, 6.07) is 9.48.